The molecule has 0 aliphatic carbocycles. The fourth-order valence-electron chi connectivity index (χ4n) is 0.823. The van der Waals surface area contributed by atoms with Crippen molar-refractivity contribution in [3.8, 4) is 0 Å². The predicted molar refractivity (Wildman–Crippen MR) is 40.9 cm³/mol. The minimum Gasteiger partial charge on any atom is -0.398 e. The largest absolute Gasteiger partial charge is 0.398 e. The molecule has 0 radical (unpaired) electrons. The van der Waals surface area contributed by atoms with E-state index in [2.05, 4.69) is 4.98 Å². The molecule has 0 atom stereocenters. The minimum absolute atomic E-state index is 0.144. The van der Waals surface area contributed by atoms with E-state index in [1.54, 1.807) is 6.20 Å². The van der Waals surface area contributed by atoms with Crippen LogP contribution in [0.15, 0.2) is 17.1 Å². The van der Waals surface area contributed by atoms with Gasteiger partial charge in [-0.25, -0.2) is 0 Å². The highest BCUT2D eigenvalue weighted by molar-refractivity contribution is 5.43. The molecule has 3 N–H and O–H groups in total. The summed E-state index contributed by atoms with van der Waals surface area (Å²) in [4.78, 5) is 13.2. The van der Waals surface area contributed by atoms with E-state index in [4.69, 9.17) is 5.73 Å². The maximum atomic E-state index is 10.6. The molecule has 10 heavy (non-hydrogen) atoms. The molecule has 1 aromatic rings. The van der Waals surface area contributed by atoms with Crippen LogP contribution in [0.5, 0.6) is 0 Å². The fraction of sp³-hybridized carbons (Fsp3) is 0.286. The van der Waals surface area contributed by atoms with Gasteiger partial charge in [-0.05, 0) is 12.0 Å². The van der Waals surface area contributed by atoms with Gasteiger partial charge in [0.25, 0.3) is 0 Å². The van der Waals surface area contributed by atoms with E-state index in [0.29, 0.717) is 5.69 Å². The third kappa shape index (κ3) is 1.18. The first-order valence-corrected chi connectivity index (χ1v) is 3.21. The van der Waals surface area contributed by atoms with Gasteiger partial charge in [0.1, 0.15) is 0 Å². The van der Waals surface area contributed by atoms with Crippen LogP contribution >= 0.6 is 0 Å². The molecule has 0 unspecified atom stereocenters. The summed E-state index contributed by atoms with van der Waals surface area (Å²) in [6.07, 6.45) is 2.50. The SMILES string of the molecule is CCc1c[nH]c(=O)cc1N. The molecule has 0 saturated carbocycles. The number of H-pyrrole nitrogens is 1. The predicted octanol–water partition coefficient (Wildman–Crippen LogP) is 0.520. The summed E-state index contributed by atoms with van der Waals surface area (Å²) in [5.74, 6) is 0. The number of nitrogens with two attached hydrogens (primary N) is 1. The van der Waals surface area contributed by atoms with Crippen LogP contribution in [0.3, 0.4) is 0 Å². The van der Waals surface area contributed by atoms with Gasteiger partial charge in [-0.2, -0.15) is 0 Å². The number of aromatic nitrogens is 1. The van der Waals surface area contributed by atoms with E-state index in [1.807, 2.05) is 6.92 Å². The fourth-order valence-corrected chi connectivity index (χ4v) is 0.823. The van der Waals surface area contributed by atoms with E-state index < -0.39 is 0 Å². The molecule has 0 fully saturated rings. The number of anilines is 1. The van der Waals surface area contributed by atoms with Crippen molar-refractivity contribution < 1.29 is 0 Å². The maximum absolute atomic E-state index is 10.6. The van der Waals surface area contributed by atoms with Crippen LogP contribution < -0.4 is 11.3 Å². The quantitative estimate of drug-likeness (QED) is 0.594. The van der Waals surface area contributed by atoms with E-state index >= 15 is 0 Å². The Balaban J connectivity index is 3.19. The molecular formula is C7H10N2O. The van der Waals surface area contributed by atoms with Crippen molar-refractivity contribution in [2.24, 2.45) is 0 Å². The number of aryl methyl sites for hydroxylation is 1. The topological polar surface area (TPSA) is 58.9 Å². The van der Waals surface area contributed by atoms with Gasteiger partial charge >= 0.3 is 0 Å². The van der Waals surface area contributed by atoms with E-state index in [1.165, 1.54) is 6.07 Å². The third-order valence-corrected chi connectivity index (χ3v) is 1.43. The zero-order chi connectivity index (χ0) is 7.56. The first-order valence-electron chi connectivity index (χ1n) is 3.21. The average Bonchev–Trinajstić information content (AvgIpc) is 1.88. The van der Waals surface area contributed by atoms with Gasteiger partial charge in [-0.1, -0.05) is 6.92 Å². The van der Waals surface area contributed by atoms with Crippen LogP contribution in [0.2, 0.25) is 0 Å². The van der Waals surface area contributed by atoms with E-state index in [9.17, 15) is 4.79 Å². The van der Waals surface area contributed by atoms with Crippen molar-refractivity contribution in [1.29, 1.82) is 0 Å². The van der Waals surface area contributed by atoms with Crippen LogP contribution in [0.4, 0.5) is 5.69 Å². The number of nitrogen functional groups attached to an aromatic ring is 1. The molecule has 1 heterocycles. The summed E-state index contributed by atoms with van der Waals surface area (Å²) in [5.41, 5.74) is 6.93. The molecule has 0 bridgehead atoms. The highest BCUT2D eigenvalue weighted by atomic mass is 16.1. The standard InChI is InChI=1S/C7H10N2O/c1-2-5-4-9-7(10)3-6(5)8/h3-4H,2H2,1H3,(H3,8,9,10). The van der Waals surface area contributed by atoms with Crippen molar-refractivity contribution in [2.45, 2.75) is 13.3 Å². The molecule has 0 aromatic carbocycles. The van der Waals surface area contributed by atoms with E-state index in [0.717, 1.165) is 12.0 Å². The average molecular weight is 138 g/mol. The third-order valence-electron chi connectivity index (χ3n) is 1.43. The van der Waals surface area contributed by atoms with Crippen molar-refractivity contribution >= 4 is 5.69 Å². The molecule has 3 nitrogen and oxygen atoms in total. The molecule has 0 saturated heterocycles. The zero-order valence-electron chi connectivity index (χ0n) is 5.85. The Hall–Kier alpha value is -1.25. The minimum atomic E-state index is -0.144. The molecule has 0 spiro atoms. The van der Waals surface area contributed by atoms with Crippen molar-refractivity contribution in [3.05, 3.63) is 28.2 Å². The first kappa shape index (κ1) is 6.86. The van der Waals surface area contributed by atoms with Crippen LogP contribution in [0.1, 0.15) is 12.5 Å². The molecule has 3 heteroatoms. The second-order valence-electron chi connectivity index (χ2n) is 2.13. The number of hydrogen-bond acceptors (Lipinski definition) is 2. The van der Waals surface area contributed by atoms with E-state index in [-0.39, 0.29) is 5.56 Å². The summed E-state index contributed by atoms with van der Waals surface area (Å²) in [6, 6.07) is 1.40. The van der Waals surface area contributed by atoms with Gasteiger partial charge < -0.3 is 10.7 Å². The van der Waals surface area contributed by atoms with Crippen molar-refractivity contribution in [3.63, 3.8) is 0 Å². The van der Waals surface area contributed by atoms with Crippen LogP contribution in [0.25, 0.3) is 0 Å². The molecule has 54 valence electrons. The van der Waals surface area contributed by atoms with Crippen molar-refractivity contribution in [2.75, 3.05) is 5.73 Å². The first-order chi connectivity index (χ1) is 4.74. The van der Waals surface area contributed by atoms with Gasteiger partial charge in [0.2, 0.25) is 5.56 Å². The van der Waals surface area contributed by atoms with Gasteiger partial charge in [-0.15, -0.1) is 0 Å². The van der Waals surface area contributed by atoms with Crippen LogP contribution in [0, 0.1) is 0 Å². The molecule has 0 aliphatic rings. The summed E-state index contributed by atoms with van der Waals surface area (Å²) in [7, 11) is 0. The lowest BCUT2D eigenvalue weighted by Gasteiger charge is -1.98. The maximum Gasteiger partial charge on any atom is 0.249 e. The van der Waals surface area contributed by atoms with Gasteiger partial charge in [0.15, 0.2) is 0 Å². The van der Waals surface area contributed by atoms with Crippen LogP contribution in [-0.2, 0) is 6.42 Å². The molecular weight excluding hydrogens is 128 g/mol. The zero-order valence-corrected chi connectivity index (χ0v) is 5.85. The summed E-state index contributed by atoms with van der Waals surface area (Å²) < 4.78 is 0. The van der Waals surface area contributed by atoms with Gasteiger partial charge in [-0.3, -0.25) is 4.79 Å². The molecule has 0 amide bonds. The summed E-state index contributed by atoms with van der Waals surface area (Å²) in [5, 5.41) is 0. The Kier molecular flexibility index (Phi) is 1.76. The number of rotatable bonds is 1. The summed E-state index contributed by atoms with van der Waals surface area (Å²) >= 11 is 0. The Morgan fingerprint density at radius 3 is 2.90 bits per heavy atom. The Bertz CT molecular complexity index is 277. The summed E-state index contributed by atoms with van der Waals surface area (Å²) in [6.45, 7) is 1.99. The lowest BCUT2D eigenvalue weighted by atomic mass is 10.2. The van der Waals surface area contributed by atoms with Crippen LogP contribution in [-0.4, -0.2) is 4.98 Å². The lowest BCUT2D eigenvalue weighted by molar-refractivity contribution is 1.09. The Morgan fingerprint density at radius 2 is 2.40 bits per heavy atom. The highest BCUT2D eigenvalue weighted by Gasteiger charge is 1.94. The van der Waals surface area contributed by atoms with Gasteiger partial charge in [0.05, 0.1) is 0 Å². The molecule has 1 rings (SSSR count). The normalized spacial score (nSPS) is 9.70. The molecule has 0 aliphatic heterocycles. The number of aromatic amines is 1. The number of pyridine rings is 1. The number of hydrogen-bond donors (Lipinski definition) is 2. The Morgan fingerprint density at radius 1 is 1.70 bits per heavy atom. The second kappa shape index (κ2) is 2.56. The smallest absolute Gasteiger partial charge is 0.249 e. The number of nitrogens with one attached hydrogen (secondary N) is 1. The highest BCUT2D eigenvalue weighted by Crippen LogP contribution is 2.05. The Labute approximate surface area is 58.9 Å². The second-order valence-corrected chi connectivity index (χ2v) is 2.13. The van der Waals surface area contributed by atoms with Gasteiger partial charge in [0, 0.05) is 18.0 Å². The lowest BCUT2D eigenvalue weighted by Crippen LogP contribution is -2.07. The van der Waals surface area contributed by atoms with Crippen molar-refractivity contribution in [1.82, 2.24) is 4.98 Å². The monoisotopic (exact) mass is 138 g/mol. The molecule has 1 aromatic heterocycles.